The summed E-state index contributed by atoms with van der Waals surface area (Å²) in [5, 5.41) is 2.89. The molecule has 2 aromatic carbocycles. The van der Waals surface area contributed by atoms with Gasteiger partial charge in [0.05, 0.1) is 11.9 Å². The number of halogens is 3. The third kappa shape index (κ3) is 6.74. The number of amides is 2. The normalized spacial score (nSPS) is 15.0. The zero-order valence-electron chi connectivity index (χ0n) is 19.5. The van der Waals surface area contributed by atoms with E-state index in [9.17, 15) is 31.2 Å². The fraction of sp³-hybridized carbons (Fsp3) is 0.417. The molecule has 1 N–H and O–H groups in total. The van der Waals surface area contributed by atoms with Crippen LogP contribution in [0.5, 0.6) is 0 Å². The number of rotatable bonds is 9. The third-order valence-electron chi connectivity index (χ3n) is 6.04. The largest absolute Gasteiger partial charge is 0.352 e. The fourth-order valence-electron chi connectivity index (χ4n) is 4.04. The van der Waals surface area contributed by atoms with Gasteiger partial charge in [0.25, 0.3) is 0 Å². The van der Waals surface area contributed by atoms with Gasteiger partial charge >= 0.3 is 0 Å². The molecule has 1 aliphatic carbocycles. The molecule has 0 aromatic heterocycles. The van der Waals surface area contributed by atoms with Gasteiger partial charge in [0.1, 0.15) is 18.4 Å². The number of nitrogens with zero attached hydrogens (tertiary/aromatic N) is 2. The van der Waals surface area contributed by atoms with Gasteiger partial charge in [-0.3, -0.25) is 13.9 Å². The van der Waals surface area contributed by atoms with E-state index >= 15 is 0 Å². The first kappa shape index (κ1) is 26.5. The van der Waals surface area contributed by atoms with E-state index in [1.54, 1.807) is 6.07 Å². The Morgan fingerprint density at radius 3 is 2.29 bits per heavy atom. The Morgan fingerprint density at radius 2 is 1.69 bits per heavy atom. The standard InChI is InChI=1S/C24H28F3N3O4S/c1-16(24(32)28-18-8-4-5-9-18)29(14-17-7-3-6-10-20(17)25)23(31)15-30(35(2,33)34)19-11-12-21(26)22(27)13-19/h3,6-7,10-13,16,18H,4-5,8-9,14-15H2,1-2H3,(H,28,32). The van der Waals surface area contributed by atoms with Crippen LogP contribution < -0.4 is 9.62 Å². The Hall–Kier alpha value is -3.08. The molecular formula is C24H28F3N3O4S. The SMILES string of the molecule is CC(C(=O)NC1CCCC1)N(Cc1ccccc1F)C(=O)CN(c1ccc(F)c(F)c1)S(C)(=O)=O. The smallest absolute Gasteiger partial charge is 0.244 e. The second-order valence-corrected chi connectivity index (χ2v) is 10.6. The molecule has 0 bridgehead atoms. The molecule has 1 saturated carbocycles. The molecule has 1 unspecified atom stereocenters. The molecule has 1 aliphatic rings. The summed E-state index contributed by atoms with van der Waals surface area (Å²) >= 11 is 0. The lowest BCUT2D eigenvalue weighted by atomic mass is 10.1. The lowest BCUT2D eigenvalue weighted by Gasteiger charge is -2.32. The molecule has 0 radical (unpaired) electrons. The average molecular weight is 512 g/mol. The number of sulfonamides is 1. The van der Waals surface area contributed by atoms with E-state index in [0.717, 1.165) is 49.0 Å². The highest BCUT2D eigenvalue weighted by atomic mass is 32.2. The molecule has 11 heteroatoms. The van der Waals surface area contributed by atoms with Crippen molar-refractivity contribution in [1.29, 1.82) is 0 Å². The fourth-order valence-corrected chi connectivity index (χ4v) is 4.88. The quantitative estimate of drug-likeness (QED) is 0.560. The van der Waals surface area contributed by atoms with Crippen LogP contribution in [-0.4, -0.2) is 50.0 Å². The van der Waals surface area contributed by atoms with E-state index in [2.05, 4.69) is 5.32 Å². The lowest BCUT2D eigenvalue weighted by Crippen LogP contribution is -2.52. The number of hydrogen-bond acceptors (Lipinski definition) is 4. The minimum Gasteiger partial charge on any atom is -0.352 e. The minimum atomic E-state index is -4.10. The second-order valence-electron chi connectivity index (χ2n) is 8.65. The van der Waals surface area contributed by atoms with Gasteiger partial charge in [-0.1, -0.05) is 31.0 Å². The van der Waals surface area contributed by atoms with Crippen LogP contribution in [0.4, 0.5) is 18.9 Å². The van der Waals surface area contributed by atoms with Crippen molar-refractivity contribution < 1.29 is 31.2 Å². The highest BCUT2D eigenvalue weighted by Gasteiger charge is 2.32. The second kappa shape index (κ2) is 11.1. The van der Waals surface area contributed by atoms with Gasteiger partial charge in [-0.05, 0) is 38.0 Å². The number of carbonyl (C=O) groups excluding carboxylic acids is 2. The van der Waals surface area contributed by atoms with Gasteiger partial charge in [-0.15, -0.1) is 0 Å². The summed E-state index contributed by atoms with van der Waals surface area (Å²) in [5.74, 6) is -4.30. The Bertz CT molecular complexity index is 1190. The van der Waals surface area contributed by atoms with Crippen molar-refractivity contribution in [3.05, 3.63) is 65.5 Å². The molecule has 1 atom stereocenters. The van der Waals surface area contributed by atoms with Crippen LogP contribution in [0.15, 0.2) is 42.5 Å². The van der Waals surface area contributed by atoms with E-state index < -0.39 is 51.9 Å². The van der Waals surface area contributed by atoms with Crippen molar-refractivity contribution in [3.8, 4) is 0 Å². The van der Waals surface area contributed by atoms with Gasteiger partial charge in [-0.25, -0.2) is 21.6 Å². The summed E-state index contributed by atoms with van der Waals surface area (Å²) in [6.45, 7) is 0.394. The molecule has 0 heterocycles. The summed E-state index contributed by atoms with van der Waals surface area (Å²) in [7, 11) is -4.10. The summed E-state index contributed by atoms with van der Waals surface area (Å²) in [4.78, 5) is 27.4. The van der Waals surface area contributed by atoms with Crippen molar-refractivity contribution in [2.24, 2.45) is 0 Å². The van der Waals surface area contributed by atoms with Crippen LogP contribution in [0.2, 0.25) is 0 Å². The first-order valence-corrected chi connectivity index (χ1v) is 13.1. The zero-order valence-corrected chi connectivity index (χ0v) is 20.3. The van der Waals surface area contributed by atoms with E-state index in [0.29, 0.717) is 10.4 Å². The maximum atomic E-state index is 14.4. The van der Waals surface area contributed by atoms with Crippen LogP contribution in [-0.2, 0) is 26.2 Å². The summed E-state index contributed by atoms with van der Waals surface area (Å²) in [5.41, 5.74) is -0.117. The Morgan fingerprint density at radius 1 is 1.03 bits per heavy atom. The van der Waals surface area contributed by atoms with E-state index in [-0.39, 0.29) is 23.8 Å². The predicted molar refractivity (Wildman–Crippen MR) is 125 cm³/mol. The van der Waals surface area contributed by atoms with Crippen LogP contribution in [0.3, 0.4) is 0 Å². The molecule has 0 spiro atoms. The summed E-state index contributed by atoms with van der Waals surface area (Å²) in [6, 6.07) is 7.11. The molecular weight excluding hydrogens is 483 g/mol. The molecule has 0 saturated heterocycles. The Labute approximate surface area is 203 Å². The molecule has 190 valence electrons. The zero-order chi connectivity index (χ0) is 25.8. The van der Waals surface area contributed by atoms with Crippen molar-refractivity contribution in [3.63, 3.8) is 0 Å². The number of benzene rings is 2. The molecule has 1 fully saturated rings. The van der Waals surface area contributed by atoms with Crippen LogP contribution in [0.25, 0.3) is 0 Å². The molecule has 35 heavy (non-hydrogen) atoms. The van der Waals surface area contributed by atoms with Crippen LogP contribution >= 0.6 is 0 Å². The maximum Gasteiger partial charge on any atom is 0.244 e. The topological polar surface area (TPSA) is 86.8 Å². The predicted octanol–water partition coefficient (Wildman–Crippen LogP) is 3.35. The minimum absolute atomic E-state index is 0.0231. The van der Waals surface area contributed by atoms with Crippen LogP contribution in [0.1, 0.15) is 38.2 Å². The van der Waals surface area contributed by atoms with Crippen molar-refractivity contribution in [1.82, 2.24) is 10.2 Å². The van der Waals surface area contributed by atoms with Gasteiger partial charge in [0, 0.05) is 24.2 Å². The summed E-state index contributed by atoms with van der Waals surface area (Å²) < 4.78 is 67.1. The van der Waals surface area contributed by atoms with E-state index in [1.807, 2.05) is 0 Å². The summed E-state index contributed by atoms with van der Waals surface area (Å²) in [6.07, 6.45) is 4.41. The van der Waals surface area contributed by atoms with Crippen LogP contribution in [0, 0.1) is 17.5 Å². The molecule has 0 aliphatic heterocycles. The number of carbonyl (C=O) groups is 2. The molecule has 3 rings (SSSR count). The van der Waals surface area contributed by atoms with Gasteiger partial charge in [0.15, 0.2) is 11.6 Å². The number of anilines is 1. The van der Waals surface area contributed by atoms with E-state index in [4.69, 9.17) is 0 Å². The third-order valence-corrected chi connectivity index (χ3v) is 7.18. The highest BCUT2D eigenvalue weighted by Crippen LogP contribution is 2.22. The monoisotopic (exact) mass is 511 g/mol. The molecule has 7 nitrogen and oxygen atoms in total. The first-order valence-electron chi connectivity index (χ1n) is 11.2. The van der Waals surface area contributed by atoms with Gasteiger partial charge in [0.2, 0.25) is 21.8 Å². The molecule has 2 aromatic rings. The van der Waals surface area contributed by atoms with Crippen molar-refractivity contribution >= 4 is 27.5 Å². The van der Waals surface area contributed by atoms with Crippen molar-refractivity contribution in [2.45, 2.75) is 51.2 Å². The van der Waals surface area contributed by atoms with Crippen molar-refractivity contribution in [2.75, 3.05) is 17.1 Å². The number of nitrogens with one attached hydrogen (secondary N) is 1. The van der Waals surface area contributed by atoms with Gasteiger partial charge in [-0.2, -0.15) is 0 Å². The molecule has 2 amide bonds. The lowest BCUT2D eigenvalue weighted by molar-refractivity contribution is -0.139. The number of hydrogen-bond donors (Lipinski definition) is 1. The highest BCUT2D eigenvalue weighted by molar-refractivity contribution is 7.92. The maximum absolute atomic E-state index is 14.4. The average Bonchev–Trinajstić information content (AvgIpc) is 3.30. The Kier molecular flexibility index (Phi) is 8.42. The van der Waals surface area contributed by atoms with E-state index in [1.165, 1.54) is 25.1 Å². The first-order chi connectivity index (χ1) is 16.5. The van der Waals surface area contributed by atoms with Gasteiger partial charge < -0.3 is 10.2 Å². The Balaban J connectivity index is 1.90.